The van der Waals surface area contributed by atoms with E-state index < -0.39 is 29.4 Å². The molecule has 13 rings (SSSR count). The fraction of sp³-hybridized carbons (Fsp3) is 0.385. The largest absolute Gasteiger partial charge is 2.00 e. The number of hydrogen-bond acceptors (Lipinski definition) is 10. The number of ketones is 1. The standard InChI is InChI=1S/C29H30N.C20H22F2N.C16H20N3.C8H9N4.C5H5F3O2.Co.2Ir/c1-29(15-5-2-6-16-29)17-7-8-22-11-12-25-20-28(30-21-27(25)18-22)26-14-13-23-9-3-4-10-24(23)19-26;1-19(2,20(3)9-4-5-10-20)14-8-11-23-18(12-14)16-7-6-15(21)13-17(16)22;1-13-6-10-19(18-13)15-11-14(5-9-17-15)12-16(2)7-3-4-8-16;1-7-10-6-12(11-7)8-4-2-3-5-9-8;1-3(9)2-4(10)5(6,7)8;;;/h3-4,9-13,18-21H,2,5-8,15-17H2,1H3;6,8,11-13H,4-5,9-10H2,1-3H3;5-6,9,11H,3-4,7-8,12H2,1-2H3;2-6H,1H3,(H,10,11);2,9H,1H3;;;/q4*-1;;+2;;. The van der Waals surface area contributed by atoms with E-state index in [1.807, 2.05) is 62.6 Å². The van der Waals surface area contributed by atoms with Crippen LogP contribution >= 0.6 is 0 Å². The number of fused-ring (bicyclic) bond motifs is 2. The molecule has 1 aliphatic heterocycles. The van der Waals surface area contributed by atoms with E-state index in [9.17, 15) is 26.7 Å². The van der Waals surface area contributed by atoms with Gasteiger partial charge in [0.05, 0.1) is 11.6 Å². The van der Waals surface area contributed by atoms with Crippen LogP contribution in [0.4, 0.5) is 27.8 Å². The van der Waals surface area contributed by atoms with Crippen LogP contribution in [0.2, 0.25) is 0 Å². The maximum atomic E-state index is 14.0. The number of aliphatic hydroxyl groups excluding tert-OH is 1. The second-order valence-corrected chi connectivity index (χ2v) is 27.0. The Labute approximate surface area is 606 Å². The van der Waals surface area contributed by atoms with Crippen molar-refractivity contribution in [2.24, 2.45) is 21.2 Å². The van der Waals surface area contributed by atoms with Crippen molar-refractivity contribution in [3.63, 3.8) is 0 Å². The number of nitrogens with one attached hydrogen (secondary N) is 1. The zero-order valence-electron chi connectivity index (χ0n) is 56.4. The van der Waals surface area contributed by atoms with Gasteiger partial charge < -0.3 is 40.2 Å². The Hall–Kier alpha value is -6.98. The number of rotatable bonds is 13. The molecule has 3 radical (unpaired) electrons. The van der Waals surface area contributed by atoms with Crippen molar-refractivity contribution in [1.82, 2.24) is 35.1 Å². The molecule has 3 fully saturated rings. The molecular formula is C78H86CoF5Ir2N9O2-2. The molecule has 2 N–H and O–H groups in total. The molecule has 3 saturated carbocycles. The van der Waals surface area contributed by atoms with Gasteiger partial charge >= 0.3 is 23.0 Å². The third-order valence-corrected chi connectivity index (χ3v) is 19.1. The predicted octanol–water partition coefficient (Wildman–Crippen LogP) is 19.8. The van der Waals surface area contributed by atoms with Crippen molar-refractivity contribution >= 4 is 39.0 Å². The molecule has 0 amide bonds. The summed E-state index contributed by atoms with van der Waals surface area (Å²) < 4.78 is 62.8. The molecule has 4 aromatic carbocycles. The Bertz CT molecular complexity index is 4070. The first-order valence-corrected chi connectivity index (χ1v) is 32.7. The number of allylic oxidation sites excluding steroid dienone is 2. The SMILES string of the molecule is CC(O)=CC(=O)C(F)(F)F.CC1(C(C)(C)c2ccnc(-c3[c-]cc(F)cc3F)c2)CCCC1.CC1(CCCc2ccc3cc(-c4[c-]cc5ccccc5c4)ncc3c2)CCCCC1.CC1=N[CH-]N(c2ccccn2)N1.Cc1c[c-]n(-c2cc(CC3(C)CCCC3)ccn2)n1.[Co+2].[Ir].[Ir]. The van der Waals surface area contributed by atoms with Gasteiger partial charge in [-0.2, -0.15) is 13.2 Å². The van der Waals surface area contributed by atoms with E-state index in [4.69, 9.17) is 10.1 Å². The summed E-state index contributed by atoms with van der Waals surface area (Å²) in [6, 6.07) is 45.7. The smallest absolute Gasteiger partial charge is 0.512 e. The zero-order valence-corrected chi connectivity index (χ0v) is 62.2. The Morgan fingerprint density at radius 1 is 0.680 bits per heavy atom. The van der Waals surface area contributed by atoms with E-state index in [2.05, 4.69) is 156 Å². The summed E-state index contributed by atoms with van der Waals surface area (Å²) in [6.07, 6.45) is 28.2. The molecule has 9 aromatic rings. The number of anilines is 1. The van der Waals surface area contributed by atoms with E-state index in [0.717, 1.165) is 65.5 Å². The first-order chi connectivity index (χ1) is 44.9. The van der Waals surface area contributed by atoms with Gasteiger partial charge in [0.1, 0.15) is 5.82 Å². The quantitative estimate of drug-likeness (QED) is 0.0501. The summed E-state index contributed by atoms with van der Waals surface area (Å²) in [6.45, 7) is 18.3. The van der Waals surface area contributed by atoms with Crippen LogP contribution in [0.25, 0.3) is 49.9 Å². The number of amidine groups is 1. The van der Waals surface area contributed by atoms with E-state index in [0.29, 0.717) is 16.5 Å². The summed E-state index contributed by atoms with van der Waals surface area (Å²) in [5, 5.41) is 19.3. The number of aliphatic hydroxyl groups is 1. The van der Waals surface area contributed by atoms with Gasteiger partial charge in [-0.1, -0.05) is 183 Å². The minimum Gasteiger partial charge on any atom is -0.512 e. The molecule has 11 nitrogen and oxygen atoms in total. The number of alkyl halides is 3. The maximum Gasteiger partial charge on any atom is 2.00 e. The summed E-state index contributed by atoms with van der Waals surface area (Å²) in [4.78, 5) is 31.5. The van der Waals surface area contributed by atoms with E-state index >= 15 is 0 Å². The van der Waals surface area contributed by atoms with Crippen molar-refractivity contribution in [3.05, 3.63) is 217 Å². The van der Waals surface area contributed by atoms with Gasteiger partial charge in [-0.3, -0.25) is 18.7 Å². The first-order valence-electron chi connectivity index (χ1n) is 32.7. The van der Waals surface area contributed by atoms with Crippen LogP contribution in [0, 0.1) is 59.8 Å². The monoisotopic (exact) mass is 1720 g/mol. The molecule has 0 atom stereocenters. The fourth-order valence-electron chi connectivity index (χ4n) is 13.2. The zero-order chi connectivity index (χ0) is 67.1. The molecule has 97 heavy (non-hydrogen) atoms. The van der Waals surface area contributed by atoms with E-state index in [1.54, 1.807) is 28.8 Å². The predicted molar refractivity (Wildman–Crippen MR) is 366 cm³/mol. The van der Waals surface area contributed by atoms with Gasteiger partial charge in [0.25, 0.3) is 5.78 Å². The third kappa shape index (κ3) is 22.0. The molecule has 0 saturated heterocycles. The van der Waals surface area contributed by atoms with Crippen LogP contribution in [-0.2, 0) is 80.0 Å². The van der Waals surface area contributed by atoms with Crippen molar-refractivity contribution in [2.45, 2.75) is 176 Å². The summed E-state index contributed by atoms with van der Waals surface area (Å²) in [5.74, 6) is -1.36. The van der Waals surface area contributed by atoms with Gasteiger partial charge in [0.2, 0.25) is 0 Å². The Morgan fingerprint density at radius 3 is 1.98 bits per heavy atom. The third-order valence-electron chi connectivity index (χ3n) is 19.1. The van der Waals surface area contributed by atoms with Crippen molar-refractivity contribution < 1.29 is 88.8 Å². The van der Waals surface area contributed by atoms with Crippen LogP contribution < -0.4 is 10.4 Å². The molecule has 6 heterocycles. The van der Waals surface area contributed by atoms with Crippen LogP contribution in [0.15, 0.2) is 163 Å². The molecule has 0 bridgehead atoms. The number of carbonyl (C=O) groups excluding carboxylic acids is 1. The number of aromatic nitrogens is 6. The average molecular weight is 1720 g/mol. The number of benzene rings is 4. The van der Waals surface area contributed by atoms with E-state index in [-0.39, 0.29) is 79.5 Å². The summed E-state index contributed by atoms with van der Waals surface area (Å²) in [7, 11) is 0. The van der Waals surface area contributed by atoms with Crippen LogP contribution in [-0.4, -0.2) is 52.6 Å². The maximum absolute atomic E-state index is 14.0. The molecule has 0 unspecified atom stereocenters. The first kappa shape index (κ1) is 79.0. The Balaban J connectivity index is 0.000000200. The van der Waals surface area contributed by atoms with Crippen molar-refractivity contribution in [3.8, 4) is 28.3 Å². The number of carbonyl (C=O) groups is 1. The Kier molecular flexibility index (Phi) is 29.1. The molecule has 4 aliphatic rings. The minimum absolute atomic E-state index is 0. The van der Waals surface area contributed by atoms with Gasteiger partial charge in [-0.15, -0.1) is 47.3 Å². The number of nitrogens with zero attached hydrogens (tertiary/aromatic N) is 8. The van der Waals surface area contributed by atoms with Gasteiger partial charge in [0, 0.05) is 82.7 Å². The second kappa shape index (κ2) is 35.7. The molecular weight excluding hydrogens is 1630 g/mol. The number of aryl methyl sites for hydroxylation is 2. The normalized spacial score (nSPS) is 15.9. The molecule has 5 aromatic heterocycles. The van der Waals surface area contributed by atoms with Crippen LogP contribution in [0.3, 0.4) is 0 Å². The molecule has 3 aliphatic carbocycles. The van der Waals surface area contributed by atoms with E-state index in [1.165, 1.54) is 135 Å². The van der Waals surface area contributed by atoms with Gasteiger partial charge in [-0.25, -0.2) is 4.98 Å². The number of hydrazine groups is 1. The minimum atomic E-state index is -4.88. The number of hydrogen-bond donors (Lipinski definition) is 2. The fourth-order valence-corrected chi connectivity index (χ4v) is 13.2. The van der Waals surface area contributed by atoms with Crippen LogP contribution in [0.1, 0.15) is 167 Å². The van der Waals surface area contributed by atoms with Gasteiger partial charge in [-0.05, 0) is 175 Å². The number of halogens is 5. The molecule has 0 spiro atoms. The summed E-state index contributed by atoms with van der Waals surface area (Å²) in [5.41, 5.74) is 12.0. The van der Waals surface area contributed by atoms with Gasteiger partial charge in [0.15, 0.2) is 0 Å². The molecule has 19 heteroatoms. The number of aliphatic imine (C=N–C) groups is 1. The van der Waals surface area contributed by atoms with Crippen molar-refractivity contribution in [2.75, 3.05) is 5.01 Å². The number of pyridine rings is 4. The Morgan fingerprint density at radius 2 is 1.34 bits per heavy atom. The molecule has 519 valence electrons. The topological polar surface area (TPSA) is 134 Å². The average Bonchev–Trinajstić information content (AvgIpc) is 1.76. The van der Waals surface area contributed by atoms with Crippen LogP contribution in [0.5, 0.6) is 0 Å². The second-order valence-electron chi connectivity index (χ2n) is 27.0. The van der Waals surface area contributed by atoms with Crippen molar-refractivity contribution in [1.29, 1.82) is 0 Å². The summed E-state index contributed by atoms with van der Waals surface area (Å²) >= 11 is 0.